The van der Waals surface area contributed by atoms with Gasteiger partial charge in [-0.2, -0.15) is 0 Å². The number of nitrogens with zero attached hydrogens (tertiary/aromatic N) is 2. The molecule has 0 unspecified atom stereocenters. The van der Waals surface area contributed by atoms with Crippen LogP contribution in [0, 0.1) is 0 Å². The van der Waals surface area contributed by atoms with Crippen molar-refractivity contribution in [3.05, 3.63) is 46.5 Å². The molecule has 4 rings (SSSR count). The highest BCUT2D eigenvalue weighted by atomic mass is 35.5. The van der Waals surface area contributed by atoms with Gasteiger partial charge in [0.2, 0.25) is 5.91 Å². The fourth-order valence-corrected chi connectivity index (χ4v) is 4.29. The van der Waals surface area contributed by atoms with Gasteiger partial charge in [0.25, 0.3) is 0 Å². The maximum atomic E-state index is 12.9. The van der Waals surface area contributed by atoms with Crippen LogP contribution in [-0.4, -0.2) is 70.7 Å². The maximum absolute atomic E-state index is 12.9. The van der Waals surface area contributed by atoms with Crippen LogP contribution >= 0.6 is 11.6 Å². The van der Waals surface area contributed by atoms with Crippen LogP contribution in [0.5, 0.6) is 11.5 Å². The van der Waals surface area contributed by atoms with Gasteiger partial charge >= 0.3 is 5.97 Å². The Kier molecular flexibility index (Phi) is 7.43. The predicted octanol–water partition coefficient (Wildman–Crippen LogP) is 3.12. The summed E-state index contributed by atoms with van der Waals surface area (Å²) in [6.45, 7) is 3.07. The minimum atomic E-state index is -0.761. The SMILES string of the molecule is C[C@@H]1C[C@H]2O[C@@H]2/C=C/C=C/C(=N\OCCN2CCCC2=O)Cc2c(Cl)c(O)cc(O)c2C(=O)O1. The number of likely N-dealkylation sites (tertiary alicyclic amines) is 1. The number of ether oxygens (including phenoxy) is 2. The van der Waals surface area contributed by atoms with E-state index >= 15 is 0 Å². The van der Waals surface area contributed by atoms with E-state index in [0.29, 0.717) is 31.6 Å². The molecular formula is C24H27ClN2O7. The Bertz CT molecular complexity index is 1050. The number of carbonyl (C=O) groups is 2. The van der Waals surface area contributed by atoms with Crippen molar-refractivity contribution in [1.29, 1.82) is 0 Å². The number of phenolic OH excluding ortho intramolecular Hbond substituents is 2. The molecule has 0 bridgehead atoms. The number of halogens is 1. The number of phenols is 2. The Balaban J connectivity index is 1.61. The van der Waals surface area contributed by atoms with Crippen molar-refractivity contribution < 1.29 is 34.1 Å². The van der Waals surface area contributed by atoms with Crippen molar-refractivity contribution in [2.75, 3.05) is 19.7 Å². The number of epoxide rings is 1. The molecule has 9 nitrogen and oxygen atoms in total. The van der Waals surface area contributed by atoms with Crippen molar-refractivity contribution >= 4 is 29.2 Å². The molecule has 0 radical (unpaired) electrons. The molecular weight excluding hydrogens is 464 g/mol. The third-order valence-electron chi connectivity index (χ3n) is 5.88. The van der Waals surface area contributed by atoms with E-state index in [4.69, 9.17) is 25.9 Å². The second-order valence-corrected chi connectivity index (χ2v) is 8.87. The zero-order valence-electron chi connectivity index (χ0n) is 18.8. The normalized spacial score (nSPS) is 28.0. The molecule has 3 heterocycles. The van der Waals surface area contributed by atoms with Gasteiger partial charge in [-0.1, -0.05) is 35.0 Å². The molecule has 3 aliphatic rings. The summed E-state index contributed by atoms with van der Waals surface area (Å²) in [6.07, 6.45) is 8.46. The van der Waals surface area contributed by atoms with E-state index < -0.39 is 17.8 Å². The average Bonchev–Trinajstić information content (AvgIpc) is 3.38. The standard InChI is InChI=1S/C24H27ClN2O7/c1-14-11-20-19(34-20)6-3-2-5-15(26-32-10-9-27-8-4-7-21(27)30)12-16-22(24(31)33-14)17(28)13-18(29)23(16)25/h2-3,5-6,13-14,19-20,28-29H,4,7-12H2,1H3/b5-2+,6-3+,26-15+/t14-,19-,20-/m1/s1. The summed E-state index contributed by atoms with van der Waals surface area (Å²) >= 11 is 6.33. The van der Waals surface area contributed by atoms with Gasteiger partial charge in [0, 0.05) is 31.9 Å². The number of oxime groups is 1. The number of amides is 1. The summed E-state index contributed by atoms with van der Waals surface area (Å²) in [7, 11) is 0. The average molecular weight is 491 g/mol. The second-order valence-electron chi connectivity index (χ2n) is 8.49. The molecule has 1 aromatic rings. The van der Waals surface area contributed by atoms with E-state index in [1.165, 1.54) is 0 Å². The number of fused-ring (bicyclic) bond motifs is 2. The fraction of sp³-hybridized carbons (Fsp3) is 0.458. The Labute approximate surface area is 202 Å². The zero-order valence-corrected chi connectivity index (χ0v) is 19.5. The van der Waals surface area contributed by atoms with Gasteiger partial charge in [0.1, 0.15) is 35.9 Å². The largest absolute Gasteiger partial charge is 0.507 e. The highest BCUT2D eigenvalue weighted by Gasteiger charge is 2.38. The highest BCUT2D eigenvalue weighted by molar-refractivity contribution is 6.33. The minimum Gasteiger partial charge on any atom is -0.507 e. The van der Waals surface area contributed by atoms with Crippen LogP contribution in [0.3, 0.4) is 0 Å². The first-order valence-electron chi connectivity index (χ1n) is 11.2. The molecule has 0 saturated carbocycles. The zero-order chi connectivity index (χ0) is 24.2. The predicted molar refractivity (Wildman–Crippen MR) is 124 cm³/mol. The first kappa shape index (κ1) is 24.1. The molecule has 34 heavy (non-hydrogen) atoms. The Morgan fingerprint density at radius 2 is 2.09 bits per heavy atom. The number of esters is 1. The number of cyclic esters (lactones) is 1. The summed E-state index contributed by atoms with van der Waals surface area (Å²) in [4.78, 5) is 31.9. The van der Waals surface area contributed by atoms with Crippen LogP contribution in [0.2, 0.25) is 5.02 Å². The molecule has 3 atom stereocenters. The topological polar surface area (TPSA) is 121 Å². The van der Waals surface area contributed by atoms with Crippen LogP contribution < -0.4 is 0 Å². The molecule has 182 valence electrons. The smallest absolute Gasteiger partial charge is 0.342 e. The molecule has 0 aromatic heterocycles. The van der Waals surface area contributed by atoms with Crippen LogP contribution in [0.25, 0.3) is 0 Å². The van der Waals surface area contributed by atoms with E-state index in [1.807, 2.05) is 12.2 Å². The van der Waals surface area contributed by atoms with Gasteiger partial charge in [-0.25, -0.2) is 4.79 Å². The van der Waals surface area contributed by atoms with Crippen LogP contribution in [0.15, 0.2) is 35.5 Å². The van der Waals surface area contributed by atoms with Gasteiger partial charge in [0.15, 0.2) is 0 Å². The van der Waals surface area contributed by atoms with Crippen molar-refractivity contribution in [3.8, 4) is 11.5 Å². The summed E-state index contributed by atoms with van der Waals surface area (Å²) in [5, 5.41) is 24.7. The molecule has 0 spiro atoms. The van der Waals surface area contributed by atoms with Gasteiger partial charge in [-0.15, -0.1) is 0 Å². The number of aromatic hydroxyl groups is 2. The van der Waals surface area contributed by atoms with Crippen LogP contribution in [0.1, 0.15) is 42.1 Å². The molecule has 10 heteroatoms. The Hall–Kier alpha value is -3.04. The molecule has 2 saturated heterocycles. The number of allylic oxidation sites excluding steroid dienone is 3. The monoisotopic (exact) mass is 490 g/mol. The summed E-state index contributed by atoms with van der Waals surface area (Å²) < 4.78 is 11.1. The summed E-state index contributed by atoms with van der Waals surface area (Å²) in [5.74, 6) is -1.48. The highest BCUT2D eigenvalue weighted by Crippen LogP contribution is 2.38. The molecule has 1 amide bonds. The minimum absolute atomic E-state index is 0.0187. The van der Waals surface area contributed by atoms with Gasteiger partial charge in [0.05, 0.1) is 23.4 Å². The van der Waals surface area contributed by atoms with Crippen molar-refractivity contribution in [2.24, 2.45) is 5.16 Å². The number of hydrogen-bond acceptors (Lipinski definition) is 8. The van der Waals surface area contributed by atoms with Crippen molar-refractivity contribution in [2.45, 2.75) is 50.9 Å². The van der Waals surface area contributed by atoms with E-state index in [1.54, 1.807) is 24.0 Å². The van der Waals surface area contributed by atoms with Crippen molar-refractivity contribution in [3.63, 3.8) is 0 Å². The number of hydrogen-bond donors (Lipinski definition) is 2. The van der Waals surface area contributed by atoms with Crippen molar-refractivity contribution in [1.82, 2.24) is 4.90 Å². The van der Waals surface area contributed by atoms with Gasteiger partial charge < -0.3 is 29.4 Å². The molecule has 1 aromatic carbocycles. The fourth-order valence-electron chi connectivity index (χ4n) is 4.07. The van der Waals surface area contributed by atoms with E-state index in [0.717, 1.165) is 12.5 Å². The van der Waals surface area contributed by atoms with E-state index in [2.05, 4.69) is 5.16 Å². The van der Waals surface area contributed by atoms with Crippen LogP contribution in [-0.2, 0) is 25.5 Å². The second kappa shape index (κ2) is 10.5. The lowest BCUT2D eigenvalue weighted by Crippen LogP contribution is -2.28. The number of carbonyl (C=O) groups excluding carboxylic acids is 2. The maximum Gasteiger partial charge on any atom is 0.342 e. The molecule has 0 aliphatic carbocycles. The third-order valence-corrected chi connectivity index (χ3v) is 6.31. The lowest BCUT2D eigenvalue weighted by molar-refractivity contribution is -0.128. The summed E-state index contributed by atoms with van der Waals surface area (Å²) in [6, 6.07) is 1.01. The van der Waals surface area contributed by atoms with Gasteiger partial charge in [-0.3, -0.25) is 4.79 Å². The third kappa shape index (κ3) is 5.71. The van der Waals surface area contributed by atoms with Gasteiger partial charge in [-0.05, 0) is 25.0 Å². The number of rotatable bonds is 4. The Morgan fingerprint density at radius 1 is 1.26 bits per heavy atom. The Morgan fingerprint density at radius 3 is 2.85 bits per heavy atom. The molecule has 3 aliphatic heterocycles. The van der Waals surface area contributed by atoms with E-state index in [9.17, 15) is 19.8 Å². The lowest BCUT2D eigenvalue weighted by Gasteiger charge is -2.17. The van der Waals surface area contributed by atoms with E-state index in [-0.39, 0.29) is 53.0 Å². The first-order valence-corrected chi connectivity index (χ1v) is 11.6. The quantitative estimate of drug-likeness (QED) is 0.288. The van der Waals surface area contributed by atoms with Crippen LogP contribution in [0.4, 0.5) is 0 Å². The lowest BCUT2D eigenvalue weighted by atomic mass is 9.99. The molecule has 2 N–H and O–H groups in total. The summed E-state index contributed by atoms with van der Waals surface area (Å²) in [5.41, 5.74) is 0.413. The molecule has 2 fully saturated rings. The number of benzene rings is 1. The first-order chi connectivity index (χ1) is 16.3.